The van der Waals surface area contributed by atoms with Gasteiger partial charge in [-0.25, -0.2) is 0 Å². The summed E-state index contributed by atoms with van der Waals surface area (Å²) in [5, 5.41) is 3.61. The van der Waals surface area contributed by atoms with Crippen molar-refractivity contribution in [1.29, 1.82) is 0 Å². The zero-order valence-corrected chi connectivity index (χ0v) is 12.0. The van der Waals surface area contributed by atoms with Crippen LogP contribution in [0.15, 0.2) is 42.5 Å². The van der Waals surface area contributed by atoms with Crippen molar-refractivity contribution in [2.75, 3.05) is 5.32 Å². The Balaban J connectivity index is 2.06. The van der Waals surface area contributed by atoms with E-state index in [9.17, 15) is 0 Å². The van der Waals surface area contributed by atoms with Crippen LogP contribution in [0.4, 0.5) is 5.69 Å². The molecule has 1 atom stereocenters. The molecule has 1 aromatic carbocycles. The number of benzene rings is 1. The quantitative estimate of drug-likeness (QED) is 0.867. The molecule has 0 aliphatic carbocycles. The lowest BCUT2D eigenvalue weighted by Crippen LogP contribution is -2.22. The molecule has 1 unspecified atom stereocenters. The minimum absolute atomic E-state index is 0.450. The van der Waals surface area contributed by atoms with Gasteiger partial charge >= 0.3 is 0 Å². The Bertz CT molecular complexity index is 520. The molecule has 1 aromatic heterocycles. The summed E-state index contributed by atoms with van der Waals surface area (Å²) < 4.78 is 0. The maximum absolute atomic E-state index is 4.51. The fourth-order valence-electron chi connectivity index (χ4n) is 2.26. The summed E-state index contributed by atoms with van der Waals surface area (Å²) in [5.74, 6) is 0. The van der Waals surface area contributed by atoms with Crippen LogP contribution in [0.2, 0.25) is 0 Å². The predicted octanol–water partition coefficient (Wildman–Crippen LogP) is 4.13. The van der Waals surface area contributed by atoms with Crippen molar-refractivity contribution in [2.45, 2.75) is 39.7 Å². The van der Waals surface area contributed by atoms with Crippen LogP contribution in [0, 0.1) is 13.8 Å². The number of anilines is 1. The van der Waals surface area contributed by atoms with E-state index in [1.807, 2.05) is 6.92 Å². The first-order chi connectivity index (χ1) is 9.19. The summed E-state index contributed by atoms with van der Waals surface area (Å²) >= 11 is 0. The average molecular weight is 254 g/mol. The first kappa shape index (κ1) is 13.6. The third-order valence-electron chi connectivity index (χ3n) is 3.40. The Morgan fingerprint density at radius 1 is 1.05 bits per heavy atom. The van der Waals surface area contributed by atoms with Gasteiger partial charge < -0.3 is 5.32 Å². The van der Waals surface area contributed by atoms with Crippen LogP contribution >= 0.6 is 0 Å². The van der Waals surface area contributed by atoms with Crippen LogP contribution in [0.25, 0.3) is 0 Å². The van der Waals surface area contributed by atoms with Gasteiger partial charge in [-0.1, -0.05) is 37.3 Å². The predicted molar refractivity (Wildman–Crippen MR) is 81.6 cm³/mol. The lowest BCUT2D eigenvalue weighted by atomic mass is 10.0. The molecule has 0 bridgehead atoms. The molecule has 0 saturated carbocycles. The van der Waals surface area contributed by atoms with Crippen molar-refractivity contribution in [3.63, 3.8) is 0 Å². The summed E-state index contributed by atoms with van der Waals surface area (Å²) in [5.41, 5.74) is 4.67. The molecular weight excluding hydrogens is 232 g/mol. The van der Waals surface area contributed by atoms with E-state index in [4.69, 9.17) is 0 Å². The van der Waals surface area contributed by atoms with Crippen molar-refractivity contribution < 1.29 is 0 Å². The highest BCUT2D eigenvalue weighted by Gasteiger charge is 2.09. The molecule has 0 aliphatic heterocycles. The van der Waals surface area contributed by atoms with Gasteiger partial charge in [0.05, 0.1) is 11.4 Å². The largest absolute Gasteiger partial charge is 0.381 e. The number of hydrogen-bond donors (Lipinski definition) is 1. The van der Waals surface area contributed by atoms with Gasteiger partial charge in [0.2, 0.25) is 0 Å². The summed E-state index contributed by atoms with van der Waals surface area (Å²) in [6.07, 6.45) is 2.15. The standard InChI is InChI=1S/C17H22N2/c1-4-16(12-15-8-6-5-7-9-15)19-17-11-10-13(2)18-14(17)3/h5-11,16,19H,4,12H2,1-3H3. The summed E-state index contributed by atoms with van der Waals surface area (Å²) in [7, 11) is 0. The zero-order chi connectivity index (χ0) is 13.7. The van der Waals surface area contributed by atoms with Crippen LogP contribution in [0.1, 0.15) is 30.3 Å². The molecule has 2 aromatic rings. The third kappa shape index (κ3) is 3.82. The molecule has 100 valence electrons. The maximum Gasteiger partial charge on any atom is 0.0606 e. The van der Waals surface area contributed by atoms with E-state index in [1.54, 1.807) is 0 Å². The molecule has 2 nitrogen and oxygen atoms in total. The van der Waals surface area contributed by atoms with E-state index in [0.29, 0.717) is 6.04 Å². The Kier molecular flexibility index (Phi) is 4.56. The van der Waals surface area contributed by atoms with Crippen LogP contribution in [-0.4, -0.2) is 11.0 Å². The highest BCUT2D eigenvalue weighted by atomic mass is 14.9. The van der Waals surface area contributed by atoms with Crippen LogP contribution < -0.4 is 5.32 Å². The highest BCUT2D eigenvalue weighted by molar-refractivity contribution is 5.48. The first-order valence-corrected chi connectivity index (χ1v) is 6.93. The monoisotopic (exact) mass is 254 g/mol. The van der Waals surface area contributed by atoms with Gasteiger partial charge in [0.1, 0.15) is 0 Å². The molecule has 2 rings (SSSR count). The molecule has 0 amide bonds. The van der Waals surface area contributed by atoms with Gasteiger partial charge in [0.15, 0.2) is 0 Å². The number of aryl methyl sites for hydroxylation is 2. The van der Waals surface area contributed by atoms with E-state index in [1.165, 1.54) is 5.56 Å². The highest BCUT2D eigenvalue weighted by Crippen LogP contribution is 2.17. The molecular formula is C17H22N2. The third-order valence-corrected chi connectivity index (χ3v) is 3.40. The molecule has 0 aliphatic rings. The van der Waals surface area contributed by atoms with Gasteiger partial charge in [-0.2, -0.15) is 0 Å². The molecule has 1 N–H and O–H groups in total. The molecule has 0 saturated heterocycles. The summed E-state index contributed by atoms with van der Waals surface area (Å²) in [4.78, 5) is 4.51. The first-order valence-electron chi connectivity index (χ1n) is 6.93. The molecule has 2 heteroatoms. The Hall–Kier alpha value is -1.83. The fourth-order valence-corrected chi connectivity index (χ4v) is 2.26. The van der Waals surface area contributed by atoms with Crippen molar-refractivity contribution in [1.82, 2.24) is 4.98 Å². The minimum Gasteiger partial charge on any atom is -0.381 e. The normalized spacial score (nSPS) is 12.2. The lowest BCUT2D eigenvalue weighted by Gasteiger charge is -2.19. The molecule has 0 radical (unpaired) electrons. The van der Waals surface area contributed by atoms with Gasteiger partial charge in [-0.3, -0.25) is 4.98 Å². The Labute approximate surface area is 115 Å². The van der Waals surface area contributed by atoms with Crippen LogP contribution in [-0.2, 0) is 6.42 Å². The van der Waals surface area contributed by atoms with Gasteiger partial charge in [0, 0.05) is 11.7 Å². The Morgan fingerprint density at radius 3 is 2.42 bits per heavy atom. The van der Waals surface area contributed by atoms with Crippen molar-refractivity contribution >= 4 is 5.69 Å². The number of nitrogens with zero attached hydrogens (tertiary/aromatic N) is 1. The zero-order valence-electron chi connectivity index (χ0n) is 12.0. The van der Waals surface area contributed by atoms with Crippen molar-refractivity contribution in [3.8, 4) is 0 Å². The van der Waals surface area contributed by atoms with E-state index in [-0.39, 0.29) is 0 Å². The van der Waals surface area contributed by atoms with Crippen molar-refractivity contribution in [3.05, 3.63) is 59.4 Å². The average Bonchev–Trinajstić information content (AvgIpc) is 2.42. The second-order valence-corrected chi connectivity index (χ2v) is 5.02. The number of rotatable bonds is 5. The lowest BCUT2D eigenvalue weighted by molar-refractivity contribution is 0.689. The second kappa shape index (κ2) is 6.37. The molecule has 1 heterocycles. The number of nitrogens with one attached hydrogen (secondary N) is 1. The van der Waals surface area contributed by atoms with E-state index in [0.717, 1.165) is 29.9 Å². The van der Waals surface area contributed by atoms with Crippen molar-refractivity contribution in [2.24, 2.45) is 0 Å². The maximum atomic E-state index is 4.51. The van der Waals surface area contributed by atoms with Crippen LogP contribution in [0.3, 0.4) is 0 Å². The van der Waals surface area contributed by atoms with Gasteiger partial charge in [-0.05, 0) is 44.4 Å². The van der Waals surface area contributed by atoms with E-state index < -0.39 is 0 Å². The van der Waals surface area contributed by atoms with Gasteiger partial charge in [0.25, 0.3) is 0 Å². The second-order valence-electron chi connectivity index (χ2n) is 5.02. The smallest absolute Gasteiger partial charge is 0.0606 e. The van der Waals surface area contributed by atoms with E-state index >= 15 is 0 Å². The summed E-state index contributed by atoms with van der Waals surface area (Å²) in [6.45, 7) is 6.31. The topological polar surface area (TPSA) is 24.9 Å². The van der Waals surface area contributed by atoms with E-state index in [2.05, 4.69) is 66.6 Å². The number of hydrogen-bond acceptors (Lipinski definition) is 2. The Morgan fingerprint density at radius 2 is 1.79 bits per heavy atom. The minimum atomic E-state index is 0.450. The molecule has 0 spiro atoms. The summed E-state index contributed by atoms with van der Waals surface area (Å²) in [6, 6.07) is 15.3. The van der Waals surface area contributed by atoms with Crippen LogP contribution in [0.5, 0.6) is 0 Å². The molecule has 19 heavy (non-hydrogen) atoms. The SMILES string of the molecule is CCC(Cc1ccccc1)Nc1ccc(C)nc1C. The molecule has 0 fully saturated rings. The number of pyridine rings is 1. The van der Waals surface area contributed by atoms with Gasteiger partial charge in [-0.15, -0.1) is 0 Å². The fraction of sp³-hybridized carbons (Fsp3) is 0.353. The number of aromatic nitrogens is 1.